The molecule has 9 nitrogen and oxygen atoms in total. The van der Waals surface area contributed by atoms with Gasteiger partial charge in [0.15, 0.2) is 5.60 Å². The number of anilines is 2. The summed E-state index contributed by atoms with van der Waals surface area (Å²) in [7, 11) is 7.86. The summed E-state index contributed by atoms with van der Waals surface area (Å²) in [6, 6.07) is 11.8. The second-order valence-corrected chi connectivity index (χ2v) is 11.8. The summed E-state index contributed by atoms with van der Waals surface area (Å²) in [4.78, 5) is 41.6. The first-order valence-electron chi connectivity index (χ1n) is 14.7. The van der Waals surface area contributed by atoms with Crippen LogP contribution in [0.4, 0.5) is 11.4 Å². The topological polar surface area (TPSA) is 100 Å². The van der Waals surface area contributed by atoms with E-state index in [4.69, 9.17) is 9.47 Å². The van der Waals surface area contributed by atoms with Crippen LogP contribution in [-0.4, -0.2) is 59.6 Å². The maximum Gasteiger partial charge on any atom is 0.339 e. The number of allylic oxidation sites excluding steroid dienone is 2. The summed E-state index contributed by atoms with van der Waals surface area (Å²) >= 11 is 0. The zero-order chi connectivity index (χ0) is 30.8. The predicted molar refractivity (Wildman–Crippen MR) is 167 cm³/mol. The van der Waals surface area contributed by atoms with Crippen LogP contribution in [0.5, 0.6) is 11.5 Å². The molecule has 2 aliphatic heterocycles. The summed E-state index contributed by atoms with van der Waals surface area (Å²) in [6.07, 6.45) is 11.7. The van der Waals surface area contributed by atoms with Crippen LogP contribution >= 0.6 is 0 Å². The molecule has 9 heteroatoms. The summed E-state index contributed by atoms with van der Waals surface area (Å²) < 4.78 is 12.9. The molecule has 43 heavy (non-hydrogen) atoms. The van der Waals surface area contributed by atoms with E-state index in [1.165, 1.54) is 0 Å². The number of nitrogens with one attached hydrogen (secondary N) is 2. The highest BCUT2D eigenvalue weighted by Crippen LogP contribution is 2.59. The van der Waals surface area contributed by atoms with Crippen molar-refractivity contribution in [2.24, 2.45) is 5.41 Å². The number of esters is 1. The molecule has 1 saturated heterocycles. The molecule has 5 rings (SSSR count). The minimum atomic E-state index is -1.23. The number of amides is 2. The van der Waals surface area contributed by atoms with Crippen LogP contribution in [0.15, 0.2) is 71.8 Å². The maximum absolute atomic E-state index is 13.7. The quantitative estimate of drug-likeness (QED) is 0.227. The van der Waals surface area contributed by atoms with Gasteiger partial charge in [-0.05, 0) is 44.0 Å². The smallest absolute Gasteiger partial charge is 0.339 e. The monoisotopic (exact) mass is 584 g/mol. The third-order valence-electron chi connectivity index (χ3n) is 8.33. The molecule has 1 aliphatic carbocycles. The Hall–Kier alpha value is -4.53. The minimum Gasteiger partial charge on any atom is -0.456 e. The average molecular weight is 585 g/mol. The molecule has 0 aromatic heterocycles. The summed E-state index contributed by atoms with van der Waals surface area (Å²) in [5.74, 6) is 0.562. The largest absolute Gasteiger partial charge is 0.456 e. The molecule has 1 fully saturated rings. The van der Waals surface area contributed by atoms with Gasteiger partial charge in [0.2, 0.25) is 12.3 Å². The van der Waals surface area contributed by atoms with Crippen molar-refractivity contribution in [3.8, 4) is 11.5 Å². The summed E-state index contributed by atoms with van der Waals surface area (Å²) in [5, 5.41) is 5.70. The van der Waals surface area contributed by atoms with Crippen LogP contribution in [0.2, 0.25) is 0 Å². The van der Waals surface area contributed by atoms with Crippen molar-refractivity contribution in [1.82, 2.24) is 10.6 Å². The van der Waals surface area contributed by atoms with E-state index in [1.54, 1.807) is 6.08 Å². The van der Waals surface area contributed by atoms with E-state index in [0.29, 0.717) is 42.1 Å². The Morgan fingerprint density at radius 3 is 2.09 bits per heavy atom. The van der Waals surface area contributed by atoms with E-state index >= 15 is 0 Å². The Bertz CT molecular complexity index is 1470. The summed E-state index contributed by atoms with van der Waals surface area (Å²) in [6.45, 7) is 3.00. The molecule has 2 aromatic carbocycles. The van der Waals surface area contributed by atoms with Gasteiger partial charge >= 0.3 is 5.97 Å². The molecule has 2 aromatic rings. The lowest BCUT2D eigenvalue weighted by Crippen LogP contribution is -2.37. The van der Waals surface area contributed by atoms with Gasteiger partial charge in [-0.25, -0.2) is 4.79 Å². The zero-order valence-corrected chi connectivity index (χ0v) is 25.5. The van der Waals surface area contributed by atoms with Gasteiger partial charge in [-0.2, -0.15) is 0 Å². The maximum atomic E-state index is 13.7. The van der Waals surface area contributed by atoms with E-state index in [1.807, 2.05) is 99.5 Å². The number of unbranched alkanes of at least 4 members (excludes halogenated alkanes) is 3. The predicted octanol–water partition coefficient (Wildman–Crippen LogP) is 4.58. The molecule has 226 valence electrons. The van der Waals surface area contributed by atoms with E-state index < -0.39 is 17.0 Å². The van der Waals surface area contributed by atoms with E-state index in [2.05, 4.69) is 10.6 Å². The molecule has 3 aliphatic rings. The summed E-state index contributed by atoms with van der Waals surface area (Å²) in [5.41, 5.74) is 2.15. The lowest BCUT2D eigenvalue weighted by Gasteiger charge is -2.37. The fraction of sp³-hybridized carbons (Fsp3) is 0.382. The van der Waals surface area contributed by atoms with Gasteiger partial charge in [0.05, 0.1) is 11.0 Å². The second kappa shape index (κ2) is 12.0. The average Bonchev–Trinajstić information content (AvgIpc) is 3.11. The fourth-order valence-corrected chi connectivity index (χ4v) is 5.88. The molecule has 2 N–H and O–H groups in total. The molecular formula is C34H40N4O5. The van der Waals surface area contributed by atoms with Gasteiger partial charge in [-0.15, -0.1) is 0 Å². The molecule has 0 bridgehead atoms. The Labute approximate surface area is 253 Å². The van der Waals surface area contributed by atoms with Crippen molar-refractivity contribution in [1.29, 1.82) is 0 Å². The van der Waals surface area contributed by atoms with Gasteiger partial charge < -0.3 is 29.9 Å². The molecular weight excluding hydrogens is 544 g/mol. The number of carbonyl (C=O) groups is 3. The highest BCUT2D eigenvalue weighted by molar-refractivity contribution is 6.02. The first-order chi connectivity index (χ1) is 20.6. The van der Waals surface area contributed by atoms with E-state index in [-0.39, 0.29) is 5.91 Å². The molecule has 2 amide bonds. The van der Waals surface area contributed by atoms with Gasteiger partial charge in [-0.1, -0.05) is 37.1 Å². The third-order valence-corrected chi connectivity index (χ3v) is 8.33. The molecule has 0 radical (unpaired) electrons. The third kappa shape index (κ3) is 5.51. The van der Waals surface area contributed by atoms with Gasteiger partial charge in [-0.3, -0.25) is 9.59 Å². The Balaban J connectivity index is 1.48. The molecule has 1 unspecified atom stereocenters. The zero-order valence-electron chi connectivity index (χ0n) is 25.5. The van der Waals surface area contributed by atoms with Crippen LogP contribution in [0, 0.1) is 5.41 Å². The number of rotatable bonds is 11. The molecule has 1 spiro atoms. The van der Waals surface area contributed by atoms with Crippen LogP contribution in [0.1, 0.15) is 43.7 Å². The first kappa shape index (κ1) is 29.9. The fourth-order valence-electron chi connectivity index (χ4n) is 5.88. The van der Waals surface area contributed by atoms with Crippen molar-refractivity contribution >= 4 is 29.7 Å². The number of carbonyl (C=O) groups excluding carboxylic acids is 3. The Morgan fingerprint density at radius 1 is 0.907 bits per heavy atom. The lowest BCUT2D eigenvalue weighted by atomic mass is 9.75. The second-order valence-electron chi connectivity index (χ2n) is 11.8. The normalized spacial score (nSPS) is 19.0. The SMILES string of the molecule is CN(C)c1ccc2c(c1)Oc1cc(N(C)C)ccc1C21OC(=O)C2=CC(C)(C(=O)NCCCCCCNC=O)C=CC=C21. The van der Waals surface area contributed by atoms with Crippen LogP contribution in [-0.2, 0) is 24.7 Å². The highest BCUT2D eigenvalue weighted by atomic mass is 16.6. The van der Waals surface area contributed by atoms with Crippen molar-refractivity contribution in [3.05, 3.63) is 83.0 Å². The molecule has 1 atom stereocenters. The Morgan fingerprint density at radius 2 is 1.51 bits per heavy atom. The number of benzene rings is 2. The van der Waals surface area contributed by atoms with Crippen molar-refractivity contribution in [3.63, 3.8) is 0 Å². The van der Waals surface area contributed by atoms with Crippen LogP contribution in [0.25, 0.3) is 0 Å². The van der Waals surface area contributed by atoms with Crippen molar-refractivity contribution in [2.45, 2.75) is 38.2 Å². The van der Waals surface area contributed by atoms with Crippen LogP contribution in [0.3, 0.4) is 0 Å². The number of fused-ring (bicyclic) bond motifs is 6. The van der Waals surface area contributed by atoms with Crippen molar-refractivity contribution in [2.75, 3.05) is 51.1 Å². The van der Waals surface area contributed by atoms with Gasteiger partial charge in [0.25, 0.3) is 0 Å². The highest BCUT2D eigenvalue weighted by Gasteiger charge is 2.56. The molecule has 2 heterocycles. The van der Waals surface area contributed by atoms with E-state index in [0.717, 1.165) is 48.2 Å². The number of nitrogens with zero attached hydrogens (tertiary/aromatic N) is 2. The first-order valence-corrected chi connectivity index (χ1v) is 14.7. The van der Waals surface area contributed by atoms with Gasteiger partial charge in [0.1, 0.15) is 11.5 Å². The standard InChI is InChI=1S/C34H40N4O5/c1-33(32(41)36-18-9-7-6-8-17-35-22-39)16-10-11-26-25(21-33)31(40)43-34(26)27-14-12-23(37(2)3)19-29(27)42-30-20-24(38(4)5)13-15-28(30)34/h10-16,19-22H,6-9,17-18H2,1-5H3,(H,35,39)(H,36,41). The number of hydrogen-bond donors (Lipinski definition) is 2. The molecule has 0 saturated carbocycles. The lowest BCUT2D eigenvalue weighted by molar-refractivity contribution is -0.143. The number of hydrogen-bond acceptors (Lipinski definition) is 7. The van der Waals surface area contributed by atoms with E-state index in [9.17, 15) is 14.4 Å². The van der Waals surface area contributed by atoms with Crippen molar-refractivity contribution < 1.29 is 23.9 Å². The Kier molecular flexibility index (Phi) is 8.35. The van der Waals surface area contributed by atoms with Gasteiger partial charge in [0, 0.05) is 81.5 Å². The van der Waals surface area contributed by atoms with Crippen LogP contribution < -0.4 is 25.2 Å². The number of ether oxygens (including phenoxy) is 2. The minimum absolute atomic E-state index is 0.179.